The molecule has 0 saturated carbocycles. The molecule has 0 spiro atoms. The van der Waals surface area contributed by atoms with Crippen LogP contribution in [0.5, 0.6) is 11.5 Å². The lowest BCUT2D eigenvalue weighted by Gasteiger charge is -2.40. The number of ketones is 1. The Labute approximate surface area is 232 Å². The van der Waals surface area contributed by atoms with Crippen molar-refractivity contribution in [2.45, 2.75) is 18.5 Å². The van der Waals surface area contributed by atoms with Crippen LogP contribution in [0.1, 0.15) is 29.2 Å². The summed E-state index contributed by atoms with van der Waals surface area (Å²) in [5.41, 5.74) is 9.82. The van der Waals surface area contributed by atoms with Gasteiger partial charge >= 0.3 is 0 Å². The molecule has 2 N–H and O–H groups in total. The van der Waals surface area contributed by atoms with Gasteiger partial charge in [-0.1, -0.05) is 85.0 Å². The first-order chi connectivity index (χ1) is 19.1. The minimum Gasteiger partial charge on any atom is -0.493 e. The van der Waals surface area contributed by atoms with Gasteiger partial charge in [-0.2, -0.15) is 0 Å². The molecular formula is C33H39N3O3. The highest BCUT2D eigenvalue weighted by atomic mass is 16.5. The van der Waals surface area contributed by atoms with Crippen molar-refractivity contribution in [1.82, 2.24) is 9.80 Å². The lowest BCUT2D eigenvalue weighted by Crippen LogP contribution is -2.49. The van der Waals surface area contributed by atoms with Crippen molar-refractivity contribution in [3.63, 3.8) is 0 Å². The van der Waals surface area contributed by atoms with E-state index in [0.29, 0.717) is 17.9 Å². The summed E-state index contributed by atoms with van der Waals surface area (Å²) in [6, 6.07) is 26.8. The van der Waals surface area contributed by atoms with E-state index < -0.39 is 6.04 Å². The number of allylic oxidation sites excluding steroid dienone is 2. The summed E-state index contributed by atoms with van der Waals surface area (Å²) in [6.45, 7) is 4.68. The first-order valence-electron chi connectivity index (χ1n) is 13.5. The molecular weight excluding hydrogens is 486 g/mol. The molecule has 0 aromatic heterocycles. The van der Waals surface area contributed by atoms with E-state index in [-0.39, 0.29) is 11.8 Å². The summed E-state index contributed by atoms with van der Waals surface area (Å²) in [6.07, 6.45) is 7.69. The summed E-state index contributed by atoms with van der Waals surface area (Å²) in [5.74, 6) is 1.29. The molecule has 0 aliphatic carbocycles. The first kappa shape index (κ1) is 28.3. The Kier molecular flexibility index (Phi) is 10.5. The largest absolute Gasteiger partial charge is 0.493 e. The second-order valence-corrected chi connectivity index (χ2v) is 9.73. The van der Waals surface area contributed by atoms with Crippen molar-refractivity contribution in [2.75, 3.05) is 46.9 Å². The van der Waals surface area contributed by atoms with Gasteiger partial charge in [0.25, 0.3) is 0 Å². The summed E-state index contributed by atoms with van der Waals surface area (Å²) in [7, 11) is 3.22. The molecule has 4 rings (SSSR count). The van der Waals surface area contributed by atoms with E-state index >= 15 is 0 Å². The highest BCUT2D eigenvalue weighted by molar-refractivity contribution is 5.94. The highest BCUT2D eigenvalue weighted by Crippen LogP contribution is 2.30. The minimum absolute atomic E-state index is 0.0567. The number of benzene rings is 3. The van der Waals surface area contributed by atoms with E-state index in [1.165, 1.54) is 11.1 Å². The summed E-state index contributed by atoms with van der Waals surface area (Å²) >= 11 is 0. The van der Waals surface area contributed by atoms with Crippen molar-refractivity contribution in [3.05, 3.63) is 114 Å². The van der Waals surface area contributed by atoms with Crippen LogP contribution in [0.2, 0.25) is 0 Å². The summed E-state index contributed by atoms with van der Waals surface area (Å²) in [4.78, 5) is 17.5. The van der Waals surface area contributed by atoms with Crippen LogP contribution >= 0.6 is 0 Å². The number of nitrogens with two attached hydrogens (primary N) is 1. The van der Waals surface area contributed by atoms with Crippen LogP contribution in [0.15, 0.2) is 97.1 Å². The molecule has 3 aromatic rings. The fourth-order valence-corrected chi connectivity index (χ4v) is 4.99. The second-order valence-electron chi connectivity index (χ2n) is 9.73. The summed E-state index contributed by atoms with van der Waals surface area (Å²) < 4.78 is 10.6. The molecule has 39 heavy (non-hydrogen) atoms. The van der Waals surface area contributed by atoms with Crippen molar-refractivity contribution >= 4 is 11.9 Å². The van der Waals surface area contributed by atoms with Crippen LogP contribution < -0.4 is 15.2 Å². The number of carbonyl (C=O) groups is 1. The van der Waals surface area contributed by atoms with Crippen molar-refractivity contribution in [2.24, 2.45) is 5.73 Å². The van der Waals surface area contributed by atoms with Gasteiger partial charge in [0.15, 0.2) is 17.3 Å². The topological polar surface area (TPSA) is 68.0 Å². The van der Waals surface area contributed by atoms with Gasteiger partial charge < -0.3 is 20.1 Å². The molecule has 0 radical (unpaired) electrons. The Bertz CT molecular complexity index is 1200. The van der Waals surface area contributed by atoms with E-state index in [9.17, 15) is 4.79 Å². The smallest absolute Gasteiger partial charge is 0.172 e. The molecule has 1 atom stereocenters. The number of hydrogen-bond donors (Lipinski definition) is 1. The summed E-state index contributed by atoms with van der Waals surface area (Å²) in [5, 5.41) is 0. The number of ether oxygens (including phenoxy) is 2. The van der Waals surface area contributed by atoms with Crippen LogP contribution in [0, 0.1) is 0 Å². The Morgan fingerprint density at radius 3 is 2.05 bits per heavy atom. The molecule has 1 aliphatic heterocycles. The molecule has 0 amide bonds. The van der Waals surface area contributed by atoms with E-state index in [1.807, 2.05) is 30.4 Å². The van der Waals surface area contributed by atoms with Crippen LogP contribution in [-0.4, -0.2) is 68.6 Å². The number of nitrogens with zero attached hydrogens (tertiary/aromatic N) is 2. The SMILES string of the molecule is COc1ccc(C=CC=CC(=O)C(N)CCN2CCN(C(c3ccccc3)c3ccccc3)CC2)cc1OC. The fraction of sp³-hybridized carbons (Fsp3) is 0.303. The number of hydrogen-bond acceptors (Lipinski definition) is 6. The van der Waals surface area contributed by atoms with Crippen molar-refractivity contribution < 1.29 is 14.3 Å². The quantitative estimate of drug-likeness (QED) is 0.266. The maximum absolute atomic E-state index is 12.6. The predicted molar refractivity (Wildman–Crippen MR) is 158 cm³/mol. The Hall–Kier alpha value is -3.71. The second kappa shape index (κ2) is 14.4. The standard InChI is InChI=1S/C33H39N3O3/c1-38-31-18-17-26(25-32(31)39-2)11-9-10-16-30(37)29(34)19-20-35-21-23-36(24-22-35)33(27-12-5-3-6-13-27)28-14-7-4-8-15-28/h3-18,25,29,33H,19-24,34H2,1-2H3. The monoisotopic (exact) mass is 525 g/mol. The van der Waals surface area contributed by atoms with E-state index in [1.54, 1.807) is 26.4 Å². The Morgan fingerprint density at radius 1 is 0.846 bits per heavy atom. The lowest BCUT2D eigenvalue weighted by atomic mass is 9.96. The van der Waals surface area contributed by atoms with E-state index in [4.69, 9.17) is 15.2 Å². The Balaban J connectivity index is 1.25. The van der Waals surface area contributed by atoms with Gasteiger partial charge in [0.05, 0.1) is 26.3 Å². The van der Waals surface area contributed by atoms with Crippen LogP contribution in [0.25, 0.3) is 6.08 Å². The molecule has 1 fully saturated rings. The zero-order chi connectivity index (χ0) is 27.5. The van der Waals surface area contributed by atoms with Gasteiger partial charge in [0.1, 0.15) is 0 Å². The van der Waals surface area contributed by atoms with Crippen molar-refractivity contribution in [1.29, 1.82) is 0 Å². The lowest BCUT2D eigenvalue weighted by molar-refractivity contribution is -0.116. The molecule has 3 aromatic carbocycles. The first-order valence-corrected chi connectivity index (χ1v) is 13.5. The number of piperazine rings is 1. The Morgan fingerprint density at radius 2 is 1.46 bits per heavy atom. The number of carbonyl (C=O) groups excluding carboxylic acids is 1. The number of methoxy groups -OCH3 is 2. The minimum atomic E-state index is -0.504. The molecule has 1 aliphatic rings. The normalized spacial score (nSPS) is 15.7. The van der Waals surface area contributed by atoms with Gasteiger partial charge in [-0.15, -0.1) is 0 Å². The third kappa shape index (κ3) is 7.90. The third-order valence-electron chi connectivity index (χ3n) is 7.19. The zero-order valence-corrected chi connectivity index (χ0v) is 22.9. The fourth-order valence-electron chi connectivity index (χ4n) is 4.99. The molecule has 6 nitrogen and oxygen atoms in total. The molecule has 1 unspecified atom stereocenters. The molecule has 1 saturated heterocycles. The maximum atomic E-state index is 12.6. The molecule has 1 heterocycles. The van der Waals surface area contributed by atoms with Crippen LogP contribution in [0.4, 0.5) is 0 Å². The van der Waals surface area contributed by atoms with E-state index in [2.05, 4.69) is 70.5 Å². The van der Waals surface area contributed by atoms with Gasteiger partial charge in [-0.25, -0.2) is 0 Å². The van der Waals surface area contributed by atoms with Gasteiger partial charge in [0.2, 0.25) is 0 Å². The molecule has 6 heteroatoms. The average Bonchev–Trinajstić information content (AvgIpc) is 2.99. The highest BCUT2D eigenvalue weighted by Gasteiger charge is 2.26. The predicted octanol–water partition coefficient (Wildman–Crippen LogP) is 4.97. The van der Waals surface area contributed by atoms with Crippen LogP contribution in [0.3, 0.4) is 0 Å². The van der Waals surface area contributed by atoms with Crippen LogP contribution in [-0.2, 0) is 4.79 Å². The third-order valence-corrected chi connectivity index (χ3v) is 7.19. The molecule has 0 bridgehead atoms. The maximum Gasteiger partial charge on any atom is 0.172 e. The van der Waals surface area contributed by atoms with Gasteiger partial charge in [0, 0.05) is 32.7 Å². The number of rotatable bonds is 12. The average molecular weight is 526 g/mol. The van der Waals surface area contributed by atoms with Gasteiger partial charge in [-0.05, 0) is 41.3 Å². The van der Waals surface area contributed by atoms with Gasteiger partial charge in [-0.3, -0.25) is 9.69 Å². The molecule has 204 valence electrons. The van der Waals surface area contributed by atoms with Crippen molar-refractivity contribution in [3.8, 4) is 11.5 Å². The van der Waals surface area contributed by atoms with E-state index in [0.717, 1.165) is 38.3 Å². The zero-order valence-electron chi connectivity index (χ0n) is 22.9.